The van der Waals surface area contributed by atoms with Crippen molar-refractivity contribution >= 4 is 11.1 Å². The Bertz CT molecular complexity index is 480. The highest BCUT2D eigenvalue weighted by Gasteiger charge is 2.36. The summed E-state index contributed by atoms with van der Waals surface area (Å²) in [5.41, 5.74) is 3.95. The SMILES string of the molecule is C=C(C)c1ccccc1C(=C)CN1CC(C)(O)C1.CC.CC. The van der Waals surface area contributed by atoms with Gasteiger partial charge in [0.2, 0.25) is 0 Å². The molecule has 1 aliphatic heterocycles. The number of hydrogen-bond acceptors (Lipinski definition) is 2. The number of allylic oxidation sites excluding steroid dienone is 1. The fourth-order valence-corrected chi connectivity index (χ4v) is 2.55. The van der Waals surface area contributed by atoms with E-state index in [1.807, 2.05) is 53.7 Å². The second kappa shape index (κ2) is 9.60. The van der Waals surface area contributed by atoms with Crippen LogP contribution in [0.2, 0.25) is 0 Å². The topological polar surface area (TPSA) is 23.5 Å². The Kier molecular flexibility index (Phi) is 9.00. The number of hydrogen-bond donors (Lipinski definition) is 1. The van der Waals surface area contributed by atoms with Gasteiger partial charge in [-0.15, -0.1) is 0 Å². The molecular formula is C20H33NO. The van der Waals surface area contributed by atoms with Crippen LogP contribution in [0.15, 0.2) is 37.4 Å². The van der Waals surface area contributed by atoms with E-state index in [9.17, 15) is 5.11 Å². The summed E-state index contributed by atoms with van der Waals surface area (Å²) in [4.78, 5) is 2.21. The number of nitrogens with zero attached hydrogens (tertiary/aromatic N) is 1. The van der Waals surface area contributed by atoms with Crippen molar-refractivity contribution in [3.63, 3.8) is 0 Å². The van der Waals surface area contributed by atoms with Gasteiger partial charge in [0.25, 0.3) is 0 Å². The van der Waals surface area contributed by atoms with Crippen LogP contribution >= 0.6 is 0 Å². The molecule has 1 aromatic carbocycles. The number of rotatable bonds is 4. The molecule has 0 saturated carbocycles. The van der Waals surface area contributed by atoms with Crippen LogP contribution < -0.4 is 0 Å². The highest BCUT2D eigenvalue weighted by atomic mass is 16.3. The van der Waals surface area contributed by atoms with Crippen LogP contribution in [0.25, 0.3) is 11.1 Å². The molecule has 2 nitrogen and oxygen atoms in total. The summed E-state index contributed by atoms with van der Waals surface area (Å²) in [7, 11) is 0. The van der Waals surface area contributed by atoms with E-state index in [0.717, 1.165) is 41.9 Å². The summed E-state index contributed by atoms with van der Waals surface area (Å²) in [6.45, 7) is 22.3. The molecule has 1 saturated heterocycles. The highest BCUT2D eigenvalue weighted by molar-refractivity contribution is 5.78. The Hall–Kier alpha value is -1.38. The third kappa shape index (κ3) is 5.78. The van der Waals surface area contributed by atoms with Crippen molar-refractivity contribution in [3.8, 4) is 0 Å². The van der Waals surface area contributed by atoms with Crippen LogP contribution in [-0.4, -0.2) is 35.2 Å². The van der Waals surface area contributed by atoms with Crippen LogP contribution in [0.3, 0.4) is 0 Å². The molecule has 0 aliphatic carbocycles. The molecule has 0 spiro atoms. The second-order valence-electron chi connectivity index (χ2n) is 5.57. The summed E-state index contributed by atoms with van der Waals surface area (Å²) >= 11 is 0. The van der Waals surface area contributed by atoms with Crippen LogP contribution in [0, 0.1) is 0 Å². The van der Waals surface area contributed by atoms with Crippen LogP contribution in [-0.2, 0) is 0 Å². The monoisotopic (exact) mass is 303 g/mol. The number of aliphatic hydroxyl groups is 1. The van der Waals surface area contributed by atoms with Crippen LogP contribution in [0.1, 0.15) is 52.7 Å². The first-order valence-corrected chi connectivity index (χ1v) is 8.27. The number of β-amino-alcohol motifs (C(OH)–C–C–N with tert-alkyl or cyclic N) is 1. The lowest BCUT2D eigenvalue weighted by atomic mass is 9.93. The minimum absolute atomic E-state index is 0.520. The van der Waals surface area contributed by atoms with Gasteiger partial charge in [-0.05, 0) is 30.5 Å². The summed E-state index contributed by atoms with van der Waals surface area (Å²) < 4.78 is 0. The molecule has 1 N–H and O–H groups in total. The number of benzene rings is 1. The fourth-order valence-electron chi connectivity index (χ4n) is 2.55. The second-order valence-corrected chi connectivity index (χ2v) is 5.57. The molecule has 124 valence electrons. The fraction of sp³-hybridized carbons (Fsp3) is 0.500. The van der Waals surface area contributed by atoms with Gasteiger partial charge in [-0.25, -0.2) is 0 Å². The van der Waals surface area contributed by atoms with Crippen molar-refractivity contribution in [1.29, 1.82) is 0 Å². The molecule has 1 heterocycles. The normalized spacial score (nSPS) is 15.4. The standard InChI is InChI=1S/C16H21NO.2C2H6/c1-12(2)14-7-5-6-8-15(14)13(3)9-17-10-16(4,18)11-17;2*1-2/h5-8,18H,1,3,9-11H2,2,4H3;2*1-2H3. The lowest BCUT2D eigenvalue weighted by molar-refractivity contribution is -0.0767. The quantitative estimate of drug-likeness (QED) is 0.859. The average molecular weight is 303 g/mol. The smallest absolute Gasteiger partial charge is 0.0872 e. The predicted molar refractivity (Wildman–Crippen MR) is 99.9 cm³/mol. The van der Waals surface area contributed by atoms with E-state index in [2.05, 4.69) is 30.2 Å². The first-order valence-electron chi connectivity index (χ1n) is 8.27. The Morgan fingerprint density at radius 2 is 1.55 bits per heavy atom. The van der Waals surface area contributed by atoms with Gasteiger partial charge in [-0.3, -0.25) is 4.90 Å². The van der Waals surface area contributed by atoms with Gasteiger partial charge in [-0.1, -0.05) is 70.7 Å². The van der Waals surface area contributed by atoms with Gasteiger partial charge in [0, 0.05) is 19.6 Å². The molecule has 1 fully saturated rings. The van der Waals surface area contributed by atoms with E-state index in [-0.39, 0.29) is 0 Å². The van der Waals surface area contributed by atoms with Gasteiger partial charge in [0.1, 0.15) is 0 Å². The van der Waals surface area contributed by atoms with E-state index >= 15 is 0 Å². The zero-order valence-electron chi connectivity index (χ0n) is 15.2. The van der Waals surface area contributed by atoms with E-state index < -0.39 is 5.60 Å². The molecular weight excluding hydrogens is 270 g/mol. The molecule has 1 aromatic rings. The Morgan fingerprint density at radius 1 is 1.09 bits per heavy atom. The number of likely N-dealkylation sites (tertiary alicyclic amines) is 1. The lowest BCUT2D eigenvalue weighted by Crippen LogP contribution is -2.59. The zero-order chi connectivity index (χ0) is 17.3. The maximum absolute atomic E-state index is 9.72. The first-order chi connectivity index (χ1) is 10.4. The molecule has 2 heteroatoms. The lowest BCUT2D eigenvalue weighted by Gasteiger charge is -2.44. The molecule has 0 amide bonds. The van der Waals surface area contributed by atoms with Gasteiger partial charge in [-0.2, -0.15) is 0 Å². The van der Waals surface area contributed by atoms with Crippen molar-refractivity contribution in [2.45, 2.75) is 47.1 Å². The Balaban J connectivity index is 0.00000102. The largest absolute Gasteiger partial charge is 0.388 e. The van der Waals surface area contributed by atoms with E-state index in [1.54, 1.807) is 0 Å². The minimum Gasteiger partial charge on any atom is -0.388 e. The van der Waals surface area contributed by atoms with Crippen molar-refractivity contribution < 1.29 is 5.11 Å². The molecule has 0 atom stereocenters. The molecule has 0 unspecified atom stereocenters. The molecule has 0 bridgehead atoms. The first kappa shape index (κ1) is 20.6. The molecule has 2 rings (SSSR count). The zero-order valence-corrected chi connectivity index (χ0v) is 15.2. The highest BCUT2D eigenvalue weighted by Crippen LogP contribution is 2.27. The summed E-state index contributed by atoms with van der Waals surface area (Å²) in [6.07, 6.45) is 0. The average Bonchev–Trinajstić information content (AvgIpc) is 2.49. The summed E-state index contributed by atoms with van der Waals surface area (Å²) in [6, 6.07) is 8.22. The molecule has 0 aromatic heterocycles. The summed E-state index contributed by atoms with van der Waals surface area (Å²) in [5, 5.41) is 9.72. The van der Waals surface area contributed by atoms with Gasteiger partial charge < -0.3 is 5.11 Å². The third-order valence-electron chi connectivity index (χ3n) is 3.31. The maximum atomic E-state index is 9.72. The third-order valence-corrected chi connectivity index (χ3v) is 3.31. The van der Waals surface area contributed by atoms with Crippen LogP contribution in [0.5, 0.6) is 0 Å². The Morgan fingerprint density at radius 3 is 1.95 bits per heavy atom. The van der Waals surface area contributed by atoms with Gasteiger partial charge in [0.15, 0.2) is 0 Å². The van der Waals surface area contributed by atoms with Crippen molar-refractivity contribution in [3.05, 3.63) is 48.6 Å². The maximum Gasteiger partial charge on any atom is 0.0872 e. The van der Waals surface area contributed by atoms with E-state index in [0.29, 0.717) is 0 Å². The summed E-state index contributed by atoms with van der Waals surface area (Å²) in [5.74, 6) is 0. The molecule has 1 aliphatic rings. The predicted octanol–water partition coefficient (Wildman–Crippen LogP) is 4.85. The van der Waals surface area contributed by atoms with E-state index in [4.69, 9.17) is 0 Å². The van der Waals surface area contributed by atoms with Crippen LogP contribution in [0.4, 0.5) is 0 Å². The van der Waals surface area contributed by atoms with Gasteiger partial charge >= 0.3 is 0 Å². The van der Waals surface area contributed by atoms with Gasteiger partial charge in [0.05, 0.1) is 5.60 Å². The molecule has 0 radical (unpaired) electrons. The molecule has 22 heavy (non-hydrogen) atoms. The minimum atomic E-state index is -0.520. The van der Waals surface area contributed by atoms with Crippen molar-refractivity contribution in [1.82, 2.24) is 4.90 Å². The van der Waals surface area contributed by atoms with Crippen molar-refractivity contribution in [2.24, 2.45) is 0 Å². The van der Waals surface area contributed by atoms with Crippen molar-refractivity contribution in [2.75, 3.05) is 19.6 Å². The Labute approximate surface area is 137 Å². The van der Waals surface area contributed by atoms with E-state index in [1.165, 1.54) is 0 Å².